The van der Waals surface area contributed by atoms with Gasteiger partial charge in [-0.15, -0.1) is 6.42 Å². The van der Waals surface area contributed by atoms with Gasteiger partial charge in [0, 0.05) is 0 Å². The fourth-order valence-corrected chi connectivity index (χ4v) is 0.891. The number of rotatable bonds is 2. The molecule has 0 heterocycles. The van der Waals surface area contributed by atoms with Crippen molar-refractivity contribution in [2.75, 3.05) is 0 Å². The summed E-state index contributed by atoms with van der Waals surface area (Å²) in [7, 11) is 0. The van der Waals surface area contributed by atoms with Gasteiger partial charge in [0.1, 0.15) is 0 Å². The summed E-state index contributed by atoms with van der Waals surface area (Å²) in [6, 6.07) is 0. The van der Waals surface area contributed by atoms with E-state index in [-0.39, 0.29) is 51.0 Å². The maximum absolute atomic E-state index is 3.26. The fourth-order valence-electron chi connectivity index (χ4n) is 0.891. The molecule has 0 nitrogen and oxygen atoms in total. The third-order valence-electron chi connectivity index (χ3n) is 1.29. The van der Waals surface area contributed by atoms with Crippen molar-refractivity contribution in [1.29, 1.82) is 0 Å². The molecule has 1 radical (unpaired) electrons. The van der Waals surface area contributed by atoms with Gasteiger partial charge in [-0.2, -0.15) is 6.08 Å². The Bertz CT molecular complexity index is 130. The molecule has 0 bridgehead atoms. The molecule has 0 N–H and O–H groups in total. The zero-order valence-electron chi connectivity index (χ0n) is 6.53. The van der Waals surface area contributed by atoms with Crippen molar-refractivity contribution in [2.24, 2.45) is 0 Å². The van der Waals surface area contributed by atoms with Crippen LogP contribution in [-0.2, 0) is 26.2 Å². The van der Waals surface area contributed by atoms with Gasteiger partial charge >= 0.3 is 26.2 Å². The summed E-state index contributed by atoms with van der Waals surface area (Å²) in [4.78, 5) is 0. The molecule has 0 saturated carbocycles. The van der Waals surface area contributed by atoms with Crippen molar-refractivity contribution in [1.82, 2.24) is 0 Å². The van der Waals surface area contributed by atoms with Crippen molar-refractivity contribution >= 4 is 0 Å². The topological polar surface area (TPSA) is 0 Å². The first-order valence-electron chi connectivity index (χ1n) is 3.19. The molecule has 0 spiro atoms. The third-order valence-corrected chi connectivity index (χ3v) is 1.29. The van der Waals surface area contributed by atoms with E-state index >= 15 is 0 Å². The summed E-state index contributed by atoms with van der Waals surface area (Å²) in [5.41, 5.74) is 1.40. The van der Waals surface area contributed by atoms with Gasteiger partial charge in [0.25, 0.3) is 0 Å². The molecular formula is C8H11Cl2Zr. The monoisotopic (exact) mass is 267 g/mol. The molecule has 1 rings (SSSR count). The quantitative estimate of drug-likeness (QED) is 0.456. The Morgan fingerprint density at radius 3 is 2.45 bits per heavy atom. The third kappa shape index (κ3) is 7.31. The average Bonchev–Trinajstić information content (AvgIpc) is 2.19. The second-order valence-corrected chi connectivity index (χ2v) is 2.06. The Labute approximate surface area is 100 Å². The Morgan fingerprint density at radius 1 is 1.45 bits per heavy atom. The molecule has 0 fully saturated rings. The van der Waals surface area contributed by atoms with Crippen LogP contribution < -0.4 is 24.8 Å². The molecule has 0 aromatic heterocycles. The Kier molecular flexibility index (Phi) is 17.8. The second-order valence-electron chi connectivity index (χ2n) is 2.06. The molecule has 0 amide bonds. The fraction of sp³-hybridized carbons (Fsp3) is 0.500. The van der Waals surface area contributed by atoms with Gasteiger partial charge in [0.15, 0.2) is 0 Å². The van der Waals surface area contributed by atoms with Gasteiger partial charge < -0.3 is 24.8 Å². The summed E-state index contributed by atoms with van der Waals surface area (Å²) in [5.74, 6) is 0. The molecule has 0 atom stereocenters. The van der Waals surface area contributed by atoms with Crippen LogP contribution in [0, 0.1) is 6.08 Å². The van der Waals surface area contributed by atoms with Crippen molar-refractivity contribution in [3.63, 3.8) is 0 Å². The number of halogens is 2. The van der Waals surface area contributed by atoms with E-state index in [1.165, 1.54) is 18.4 Å². The summed E-state index contributed by atoms with van der Waals surface area (Å²) in [6.07, 6.45) is 11.1. The molecule has 0 aromatic rings. The zero-order chi connectivity index (χ0) is 5.82. The van der Waals surface area contributed by atoms with Crippen LogP contribution in [0.25, 0.3) is 0 Å². The molecule has 0 aliphatic heterocycles. The molecule has 0 aromatic carbocycles. The van der Waals surface area contributed by atoms with Crippen LogP contribution in [-0.4, -0.2) is 0 Å². The number of hydrogen-bond donors (Lipinski definition) is 0. The van der Waals surface area contributed by atoms with Crippen LogP contribution >= 0.6 is 0 Å². The minimum absolute atomic E-state index is 0. The normalized spacial score (nSPS) is 12.3. The van der Waals surface area contributed by atoms with E-state index in [4.69, 9.17) is 0 Å². The van der Waals surface area contributed by atoms with Crippen LogP contribution in [0.15, 0.2) is 17.7 Å². The molecule has 11 heavy (non-hydrogen) atoms. The Morgan fingerprint density at radius 2 is 2.09 bits per heavy atom. The van der Waals surface area contributed by atoms with Crippen molar-refractivity contribution in [2.45, 2.75) is 26.2 Å². The van der Waals surface area contributed by atoms with Crippen molar-refractivity contribution in [3.05, 3.63) is 23.8 Å². The van der Waals surface area contributed by atoms with E-state index in [0.717, 1.165) is 6.42 Å². The van der Waals surface area contributed by atoms with Crippen molar-refractivity contribution in [3.8, 4) is 0 Å². The Hall–Kier alpha value is 0.943. The number of allylic oxidation sites excluding steroid dienone is 4. The van der Waals surface area contributed by atoms with E-state index < -0.39 is 0 Å². The second kappa shape index (κ2) is 10.9. The van der Waals surface area contributed by atoms with Gasteiger partial charge in [-0.1, -0.05) is 19.8 Å². The molecule has 1 aliphatic rings. The summed E-state index contributed by atoms with van der Waals surface area (Å²) in [6.45, 7) is 2.20. The first-order chi connectivity index (χ1) is 3.93. The van der Waals surface area contributed by atoms with E-state index in [1.807, 2.05) is 0 Å². The Balaban J connectivity index is -0.000000213. The smallest absolute Gasteiger partial charge is 1.00 e. The van der Waals surface area contributed by atoms with Crippen LogP contribution in [0.3, 0.4) is 0 Å². The predicted molar refractivity (Wildman–Crippen MR) is 35.4 cm³/mol. The molecule has 1 aliphatic carbocycles. The van der Waals surface area contributed by atoms with Gasteiger partial charge in [0.2, 0.25) is 0 Å². The van der Waals surface area contributed by atoms with Crippen molar-refractivity contribution < 1.29 is 51.0 Å². The van der Waals surface area contributed by atoms with E-state index in [9.17, 15) is 0 Å². The first kappa shape index (κ1) is 17.9. The van der Waals surface area contributed by atoms with Crippen LogP contribution in [0.5, 0.6) is 0 Å². The molecule has 61 valence electrons. The molecule has 0 saturated heterocycles. The maximum atomic E-state index is 3.26. The van der Waals surface area contributed by atoms with E-state index in [1.54, 1.807) is 0 Å². The summed E-state index contributed by atoms with van der Waals surface area (Å²) >= 11 is 0. The summed E-state index contributed by atoms with van der Waals surface area (Å²) < 4.78 is 0. The minimum atomic E-state index is 0. The largest absolute Gasteiger partial charge is 3.00 e. The van der Waals surface area contributed by atoms with Gasteiger partial charge in [-0.3, -0.25) is 6.08 Å². The van der Waals surface area contributed by atoms with E-state index in [0.29, 0.717) is 0 Å². The van der Waals surface area contributed by atoms with Crippen LogP contribution in [0.1, 0.15) is 26.2 Å². The van der Waals surface area contributed by atoms with Crippen LogP contribution in [0.4, 0.5) is 0 Å². The standard InChI is InChI=1S/C8H11.2ClH.Zr/c1-2-5-8-6-3-4-7-8;;;/h3,6H,2,4-5H2,1H3;2*1H;/q-1;;;+3/p-2. The molecule has 0 unspecified atom stereocenters. The van der Waals surface area contributed by atoms with Gasteiger partial charge in [-0.05, 0) is 0 Å². The SMILES string of the molecule is CCCC1=[C-]CC=C1.[Cl-].[Cl-].[Zr+3]. The molecular weight excluding hydrogens is 258 g/mol. The van der Waals surface area contributed by atoms with Gasteiger partial charge in [0.05, 0.1) is 0 Å². The van der Waals surface area contributed by atoms with E-state index in [2.05, 4.69) is 25.2 Å². The summed E-state index contributed by atoms with van der Waals surface area (Å²) in [5, 5.41) is 0. The first-order valence-corrected chi connectivity index (χ1v) is 3.19. The minimum Gasteiger partial charge on any atom is -1.00 e. The van der Waals surface area contributed by atoms with Crippen LogP contribution in [0.2, 0.25) is 0 Å². The zero-order valence-corrected chi connectivity index (χ0v) is 10.5. The predicted octanol–water partition coefficient (Wildman–Crippen LogP) is -3.52. The molecule has 3 heteroatoms. The average molecular weight is 269 g/mol. The van der Waals surface area contributed by atoms with Gasteiger partial charge in [-0.25, -0.2) is 11.6 Å². The number of hydrogen-bond acceptors (Lipinski definition) is 0. The maximum Gasteiger partial charge on any atom is 3.00 e.